The largest absolute Gasteiger partial charge is 0.489 e. The summed E-state index contributed by atoms with van der Waals surface area (Å²) in [5.41, 5.74) is 2.25. The number of rotatable bonds is 4. The first-order chi connectivity index (χ1) is 10.1. The fraction of sp³-hybridized carbons (Fsp3) is 0.200. The van der Waals surface area contributed by atoms with Crippen molar-refractivity contribution in [2.45, 2.75) is 20.0 Å². The number of aromatic amines is 1. The van der Waals surface area contributed by atoms with Crippen molar-refractivity contribution in [3.05, 3.63) is 42.6 Å². The van der Waals surface area contributed by atoms with Gasteiger partial charge in [-0.05, 0) is 32.0 Å². The van der Waals surface area contributed by atoms with Crippen molar-refractivity contribution in [2.75, 3.05) is 5.32 Å². The van der Waals surface area contributed by atoms with E-state index in [1.807, 2.05) is 19.9 Å². The lowest BCUT2D eigenvalue weighted by Gasteiger charge is -2.15. The van der Waals surface area contributed by atoms with Crippen LogP contribution >= 0.6 is 0 Å². The van der Waals surface area contributed by atoms with Gasteiger partial charge in [-0.1, -0.05) is 0 Å². The minimum Gasteiger partial charge on any atom is -0.489 e. The number of ether oxygens (including phenoxy) is 1. The fourth-order valence-electron chi connectivity index (χ4n) is 2.05. The number of halogens is 1. The predicted octanol–water partition coefficient (Wildman–Crippen LogP) is 3.63. The highest BCUT2D eigenvalue weighted by atomic mass is 19.1. The predicted molar refractivity (Wildman–Crippen MR) is 79.3 cm³/mol. The van der Waals surface area contributed by atoms with Crippen LogP contribution in [0, 0.1) is 5.82 Å². The average molecular weight is 286 g/mol. The van der Waals surface area contributed by atoms with Crippen molar-refractivity contribution >= 4 is 22.5 Å². The molecule has 21 heavy (non-hydrogen) atoms. The molecule has 5 nitrogen and oxygen atoms in total. The van der Waals surface area contributed by atoms with E-state index in [1.54, 1.807) is 12.3 Å². The summed E-state index contributed by atoms with van der Waals surface area (Å²) < 4.78 is 19.0. The van der Waals surface area contributed by atoms with E-state index in [0.29, 0.717) is 17.3 Å². The highest BCUT2D eigenvalue weighted by Crippen LogP contribution is 2.30. The number of hydrogen-bond acceptors (Lipinski definition) is 4. The first-order valence-electron chi connectivity index (χ1n) is 6.65. The number of H-pyrrole nitrogens is 1. The van der Waals surface area contributed by atoms with E-state index in [2.05, 4.69) is 20.3 Å². The molecule has 2 heterocycles. The molecular formula is C15H15FN4O. The summed E-state index contributed by atoms with van der Waals surface area (Å²) in [5.74, 6) is 0.720. The molecule has 0 amide bonds. The Morgan fingerprint density at radius 1 is 1.24 bits per heavy atom. The molecule has 3 aromatic rings. The van der Waals surface area contributed by atoms with Crippen molar-refractivity contribution < 1.29 is 9.13 Å². The zero-order chi connectivity index (χ0) is 14.8. The Morgan fingerprint density at radius 2 is 2.10 bits per heavy atom. The zero-order valence-electron chi connectivity index (χ0n) is 11.7. The number of benzene rings is 1. The summed E-state index contributed by atoms with van der Waals surface area (Å²) in [4.78, 5) is 11.4. The second kappa shape index (κ2) is 5.40. The van der Waals surface area contributed by atoms with Crippen molar-refractivity contribution in [2.24, 2.45) is 0 Å². The molecule has 0 spiro atoms. The molecule has 1 aromatic carbocycles. The molecule has 0 saturated carbocycles. The third-order valence-electron chi connectivity index (χ3n) is 2.90. The van der Waals surface area contributed by atoms with Crippen LogP contribution in [0.4, 0.5) is 15.9 Å². The number of nitrogens with zero attached hydrogens (tertiary/aromatic N) is 2. The van der Waals surface area contributed by atoms with E-state index in [-0.39, 0.29) is 11.9 Å². The Hall–Kier alpha value is -2.63. The van der Waals surface area contributed by atoms with E-state index in [4.69, 9.17) is 4.74 Å². The number of nitrogens with one attached hydrogen (secondary N) is 2. The molecule has 2 aromatic heterocycles. The monoisotopic (exact) mass is 286 g/mol. The van der Waals surface area contributed by atoms with E-state index < -0.39 is 0 Å². The summed E-state index contributed by atoms with van der Waals surface area (Å²) >= 11 is 0. The lowest BCUT2D eigenvalue weighted by atomic mass is 10.2. The normalized spacial score (nSPS) is 11.0. The van der Waals surface area contributed by atoms with Crippen molar-refractivity contribution in [1.29, 1.82) is 0 Å². The molecule has 2 N–H and O–H groups in total. The Kier molecular flexibility index (Phi) is 3.43. The lowest BCUT2D eigenvalue weighted by molar-refractivity contribution is 0.243. The lowest BCUT2D eigenvalue weighted by Crippen LogP contribution is -2.08. The summed E-state index contributed by atoms with van der Waals surface area (Å²) in [6, 6.07) is 6.22. The summed E-state index contributed by atoms with van der Waals surface area (Å²) in [7, 11) is 0. The molecule has 6 heteroatoms. The minimum atomic E-state index is -0.344. The standard InChI is InChI=1S/C15H15FN4O/c1-9(2)21-13-7-10(16)3-4-11(13)20-15-14-12(5-6-17-14)18-8-19-15/h3-9,17H,1-2H3,(H,18,19,20). The van der Waals surface area contributed by atoms with Crippen molar-refractivity contribution in [1.82, 2.24) is 15.0 Å². The average Bonchev–Trinajstić information content (AvgIpc) is 2.90. The van der Waals surface area contributed by atoms with Gasteiger partial charge in [0, 0.05) is 12.3 Å². The van der Waals surface area contributed by atoms with Crippen molar-refractivity contribution in [3.63, 3.8) is 0 Å². The maximum absolute atomic E-state index is 13.4. The topological polar surface area (TPSA) is 62.8 Å². The number of hydrogen-bond donors (Lipinski definition) is 2. The van der Waals surface area contributed by atoms with Crippen LogP contribution in [0.2, 0.25) is 0 Å². The molecule has 0 atom stereocenters. The van der Waals surface area contributed by atoms with Crippen LogP contribution in [0.3, 0.4) is 0 Å². The summed E-state index contributed by atoms with van der Waals surface area (Å²) in [5, 5.41) is 3.16. The van der Waals surface area contributed by atoms with E-state index in [1.165, 1.54) is 18.5 Å². The molecule has 0 unspecified atom stereocenters. The maximum atomic E-state index is 13.4. The Morgan fingerprint density at radius 3 is 2.90 bits per heavy atom. The minimum absolute atomic E-state index is 0.0525. The molecule has 0 radical (unpaired) electrons. The SMILES string of the molecule is CC(C)Oc1cc(F)ccc1Nc1ncnc2cc[nH]c12. The smallest absolute Gasteiger partial charge is 0.158 e. The van der Waals surface area contributed by atoms with Gasteiger partial charge in [0.2, 0.25) is 0 Å². The summed E-state index contributed by atoms with van der Waals surface area (Å²) in [6.45, 7) is 3.78. The summed E-state index contributed by atoms with van der Waals surface area (Å²) in [6.07, 6.45) is 3.22. The van der Waals surface area contributed by atoms with Gasteiger partial charge in [-0.25, -0.2) is 14.4 Å². The van der Waals surface area contributed by atoms with Crippen LogP contribution in [0.25, 0.3) is 11.0 Å². The van der Waals surface area contributed by atoms with Gasteiger partial charge in [0.25, 0.3) is 0 Å². The van der Waals surface area contributed by atoms with Gasteiger partial charge in [0.15, 0.2) is 5.82 Å². The van der Waals surface area contributed by atoms with E-state index in [0.717, 1.165) is 11.0 Å². The molecule has 0 fully saturated rings. The number of aromatic nitrogens is 3. The van der Waals surface area contributed by atoms with Gasteiger partial charge in [0.1, 0.15) is 23.4 Å². The van der Waals surface area contributed by atoms with Gasteiger partial charge in [-0.2, -0.15) is 0 Å². The van der Waals surface area contributed by atoms with Crippen LogP contribution in [0.1, 0.15) is 13.8 Å². The van der Waals surface area contributed by atoms with Gasteiger partial charge in [-0.15, -0.1) is 0 Å². The van der Waals surface area contributed by atoms with Crippen LogP contribution in [-0.4, -0.2) is 21.1 Å². The molecule has 0 aliphatic carbocycles. The Labute approximate surface area is 121 Å². The first kappa shape index (κ1) is 13.4. The van der Waals surface area contributed by atoms with Gasteiger partial charge in [0.05, 0.1) is 17.3 Å². The van der Waals surface area contributed by atoms with Crippen LogP contribution in [-0.2, 0) is 0 Å². The van der Waals surface area contributed by atoms with Gasteiger partial charge in [-0.3, -0.25) is 0 Å². The number of anilines is 2. The third kappa shape index (κ3) is 2.79. The molecule has 0 saturated heterocycles. The first-order valence-corrected chi connectivity index (χ1v) is 6.65. The van der Waals surface area contributed by atoms with Crippen LogP contribution in [0.5, 0.6) is 5.75 Å². The molecular weight excluding hydrogens is 271 g/mol. The highest BCUT2D eigenvalue weighted by Gasteiger charge is 2.11. The molecule has 0 aliphatic rings. The quantitative estimate of drug-likeness (QED) is 0.768. The zero-order valence-corrected chi connectivity index (χ0v) is 11.7. The second-order valence-electron chi connectivity index (χ2n) is 4.89. The van der Waals surface area contributed by atoms with Crippen LogP contribution < -0.4 is 10.1 Å². The molecule has 0 bridgehead atoms. The second-order valence-corrected chi connectivity index (χ2v) is 4.89. The molecule has 3 rings (SSSR count). The molecule has 0 aliphatic heterocycles. The number of fused-ring (bicyclic) bond motifs is 1. The highest BCUT2D eigenvalue weighted by molar-refractivity contribution is 5.87. The van der Waals surface area contributed by atoms with Crippen molar-refractivity contribution in [3.8, 4) is 5.75 Å². The Bertz CT molecular complexity index is 769. The van der Waals surface area contributed by atoms with Gasteiger partial charge >= 0.3 is 0 Å². The fourth-order valence-corrected chi connectivity index (χ4v) is 2.05. The molecule has 108 valence electrons. The third-order valence-corrected chi connectivity index (χ3v) is 2.90. The van der Waals surface area contributed by atoms with Gasteiger partial charge < -0.3 is 15.0 Å². The van der Waals surface area contributed by atoms with Crippen LogP contribution in [0.15, 0.2) is 36.8 Å². The van der Waals surface area contributed by atoms with E-state index in [9.17, 15) is 4.39 Å². The Balaban J connectivity index is 1.99. The maximum Gasteiger partial charge on any atom is 0.158 e. The van der Waals surface area contributed by atoms with E-state index >= 15 is 0 Å².